The van der Waals surface area contributed by atoms with Crippen molar-refractivity contribution in [3.8, 4) is 11.3 Å². The van der Waals surface area contributed by atoms with Gasteiger partial charge in [-0.3, -0.25) is 4.79 Å². The minimum atomic E-state index is -0.158. The molecule has 0 saturated heterocycles. The first kappa shape index (κ1) is 15.6. The molecular weight excluding hydrogens is 358 g/mol. The molecule has 0 bridgehead atoms. The largest absolute Gasteiger partial charge is 0.459 e. The van der Waals surface area contributed by atoms with E-state index in [1.165, 1.54) is 6.26 Å². The van der Waals surface area contributed by atoms with Crippen LogP contribution in [-0.2, 0) is 6.54 Å². The summed E-state index contributed by atoms with van der Waals surface area (Å²) in [7, 11) is 1.73. The molecule has 3 rings (SSSR count). The van der Waals surface area contributed by atoms with Gasteiger partial charge in [-0.2, -0.15) is 0 Å². The van der Waals surface area contributed by atoms with Gasteiger partial charge in [-0.15, -0.1) is 0 Å². The molecule has 0 fully saturated rings. The van der Waals surface area contributed by atoms with Crippen LogP contribution >= 0.6 is 15.9 Å². The van der Waals surface area contributed by atoms with E-state index < -0.39 is 0 Å². The molecule has 0 aliphatic rings. The van der Waals surface area contributed by atoms with Gasteiger partial charge in [0, 0.05) is 22.6 Å². The van der Waals surface area contributed by atoms with E-state index in [0.717, 1.165) is 27.1 Å². The van der Waals surface area contributed by atoms with E-state index in [0.29, 0.717) is 12.3 Å². The van der Waals surface area contributed by atoms with E-state index in [4.69, 9.17) is 8.83 Å². The number of rotatable bonds is 4. The highest BCUT2D eigenvalue weighted by Gasteiger charge is 2.18. The predicted octanol–water partition coefficient (Wildman–Crippen LogP) is 4.88. The standard InChI is InChI=1S/C18H16BrNO3/c1-12-9-10-22-17(12)18(21)20(2)11-15-7-8-16(23-15)13-3-5-14(19)6-4-13/h3-10H,11H2,1-2H3. The average molecular weight is 374 g/mol. The Morgan fingerprint density at radius 1 is 1.13 bits per heavy atom. The number of amides is 1. The van der Waals surface area contributed by atoms with Crippen LogP contribution in [0.15, 0.2) is 62.0 Å². The molecule has 0 atom stereocenters. The van der Waals surface area contributed by atoms with E-state index in [2.05, 4.69) is 15.9 Å². The lowest BCUT2D eigenvalue weighted by molar-refractivity contribution is 0.0743. The number of hydrogen-bond acceptors (Lipinski definition) is 3. The van der Waals surface area contributed by atoms with Crippen LogP contribution in [0.3, 0.4) is 0 Å². The second kappa shape index (κ2) is 6.46. The van der Waals surface area contributed by atoms with Crippen molar-refractivity contribution in [2.75, 3.05) is 7.05 Å². The number of nitrogens with zero attached hydrogens (tertiary/aromatic N) is 1. The summed E-state index contributed by atoms with van der Waals surface area (Å²) in [5.41, 5.74) is 1.83. The molecule has 1 amide bonds. The second-order valence-electron chi connectivity index (χ2n) is 5.37. The zero-order chi connectivity index (χ0) is 16.4. The summed E-state index contributed by atoms with van der Waals surface area (Å²) >= 11 is 3.41. The summed E-state index contributed by atoms with van der Waals surface area (Å²) in [5.74, 6) is 1.71. The SMILES string of the molecule is Cc1ccoc1C(=O)N(C)Cc1ccc(-c2ccc(Br)cc2)o1. The first-order valence-corrected chi connectivity index (χ1v) is 7.98. The highest BCUT2D eigenvalue weighted by Crippen LogP contribution is 2.24. The first-order valence-electron chi connectivity index (χ1n) is 7.19. The van der Waals surface area contributed by atoms with Gasteiger partial charge in [-0.1, -0.05) is 28.1 Å². The van der Waals surface area contributed by atoms with Gasteiger partial charge in [0.05, 0.1) is 12.8 Å². The highest BCUT2D eigenvalue weighted by atomic mass is 79.9. The third-order valence-electron chi connectivity index (χ3n) is 3.59. The van der Waals surface area contributed by atoms with Crippen molar-refractivity contribution in [3.05, 3.63) is 70.3 Å². The van der Waals surface area contributed by atoms with Gasteiger partial charge >= 0.3 is 0 Å². The summed E-state index contributed by atoms with van der Waals surface area (Å²) < 4.78 is 12.1. The van der Waals surface area contributed by atoms with Gasteiger partial charge < -0.3 is 13.7 Å². The molecule has 1 aromatic carbocycles. The maximum atomic E-state index is 12.3. The molecule has 2 aromatic heterocycles. The molecule has 2 heterocycles. The topological polar surface area (TPSA) is 46.6 Å². The Balaban J connectivity index is 1.72. The molecule has 0 spiro atoms. The van der Waals surface area contributed by atoms with Gasteiger partial charge in [0.1, 0.15) is 11.5 Å². The fraction of sp³-hybridized carbons (Fsp3) is 0.167. The summed E-state index contributed by atoms with van der Waals surface area (Å²) in [6, 6.07) is 13.5. The lowest BCUT2D eigenvalue weighted by Crippen LogP contribution is -2.26. The van der Waals surface area contributed by atoms with E-state index in [1.807, 2.05) is 43.3 Å². The number of halogens is 1. The number of benzene rings is 1. The molecule has 0 unspecified atom stereocenters. The van der Waals surface area contributed by atoms with Crippen LogP contribution in [0.2, 0.25) is 0 Å². The highest BCUT2D eigenvalue weighted by molar-refractivity contribution is 9.10. The van der Waals surface area contributed by atoms with Crippen LogP contribution in [0.5, 0.6) is 0 Å². The fourth-order valence-corrected chi connectivity index (χ4v) is 2.57. The molecule has 23 heavy (non-hydrogen) atoms. The van der Waals surface area contributed by atoms with E-state index in [-0.39, 0.29) is 5.91 Å². The van der Waals surface area contributed by atoms with Gasteiger partial charge in [0.15, 0.2) is 5.76 Å². The Morgan fingerprint density at radius 3 is 2.52 bits per heavy atom. The van der Waals surface area contributed by atoms with Crippen LogP contribution in [0.1, 0.15) is 21.9 Å². The molecule has 0 aliphatic carbocycles. The van der Waals surface area contributed by atoms with Crippen LogP contribution in [0, 0.1) is 6.92 Å². The van der Waals surface area contributed by atoms with E-state index >= 15 is 0 Å². The minimum absolute atomic E-state index is 0.158. The minimum Gasteiger partial charge on any atom is -0.459 e. The van der Waals surface area contributed by atoms with Gasteiger partial charge in [-0.05, 0) is 37.3 Å². The van der Waals surface area contributed by atoms with Crippen LogP contribution in [-0.4, -0.2) is 17.9 Å². The molecular formula is C18H16BrNO3. The monoisotopic (exact) mass is 373 g/mol. The van der Waals surface area contributed by atoms with Gasteiger partial charge in [0.25, 0.3) is 5.91 Å². The third-order valence-corrected chi connectivity index (χ3v) is 4.12. The number of carbonyl (C=O) groups is 1. The van der Waals surface area contributed by atoms with Crippen molar-refractivity contribution in [2.45, 2.75) is 13.5 Å². The van der Waals surface area contributed by atoms with Crippen LogP contribution in [0.4, 0.5) is 0 Å². The molecule has 0 saturated carbocycles. The first-order chi connectivity index (χ1) is 11.0. The summed E-state index contributed by atoms with van der Waals surface area (Å²) in [6.45, 7) is 2.23. The molecule has 4 nitrogen and oxygen atoms in total. The fourth-order valence-electron chi connectivity index (χ4n) is 2.30. The zero-order valence-corrected chi connectivity index (χ0v) is 14.5. The smallest absolute Gasteiger partial charge is 0.289 e. The number of furan rings is 2. The lowest BCUT2D eigenvalue weighted by atomic mass is 10.2. The second-order valence-corrected chi connectivity index (χ2v) is 6.28. The Labute approximate surface area is 142 Å². The molecule has 118 valence electrons. The van der Waals surface area contributed by atoms with Crippen molar-refractivity contribution >= 4 is 21.8 Å². The predicted molar refractivity (Wildman–Crippen MR) is 91.1 cm³/mol. The van der Waals surface area contributed by atoms with E-state index in [9.17, 15) is 4.79 Å². The maximum absolute atomic E-state index is 12.3. The zero-order valence-electron chi connectivity index (χ0n) is 12.9. The Bertz CT molecular complexity index is 817. The summed E-state index contributed by atoms with van der Waals surface area (Å²) in [6.07, 6.45) is 1.52. The Morgan fingerprint density at radius 2 is 1.87 bits per heavy atom. The number of carbonyl (C=O) groups excluding carboxylic acids is 1. The molecule has 5 heteroatoms. The lowest BCUT2D eigenvalue weighted by Gasteiger charge is -2.14. The Hall–Kier alpha value is -2.27. The van der Waals surface area contributed by atoms with Crippen molar-refractivity contribution < 1.29 is 13.6 Å². The molecule has 0 aliphatic heterocycles. The van der Waals surface area contributed by atoms with E-state index in [1.54, 1.807) is 18.0 Å². The number of aryl methyl sites for hydroxylation is 1. The molecule has 3 aromatic rings. The van der Waals surface area contributed by atoms with Gasteiger partial charge in [0.2, 0.25) is 0 Å². The van der Waals surface area contributed by atoms with Crippen molar-refractivity contribution in [1.29, 1.82) is 0 Å². The summed E-state index contributed by atoms with van der Waals surface area (Å²) in [5, 5.41) is 0. The average Bonchev–Trinajstić information content (AvgIpc) is 3.16. The molecule has 0 N–H and O–H groups in total. The van der Waals surface area contributed by atoms with Crippen LogP contribution < -0.4 is 0 Å². The Kier molecular flexibility index (Phi) is 4.39. The van der Waals surface area contributed by atoms with Crippen molar-refractivity contribution in [2.24, 2.45) is 0 Å². The van der Waals surface area contributed by atoms with Gasteiger partial charge in [-0.25, -0.2) is 0 Å². The van der Waals surface area contributed by atoms with Crippen LogP contribution in [0.25, 0.3) is 11.3 Å². The third kappa shape index (κ3) is 3.40. The van der Waals surface area contributed by atoms with Crippen molar-refractivity contribution in [1.82, 2.24) is 4.90 Å². The van der Waals surface area contributed by atoms with Crippen molar-refractivity contribution in [3.63, 3.8) is 0 Å². The molecule has 0 radical (unpaired) electrons. The summed E-state index contributed by atoms with van der Waals surface area (Å²) in [4.78, 5) is 13.9. The normalized spacial score (nSPS) is 10.7. The maximum Gasteiger partial charge on any atom is 0.289 e. The quantitative estimate of drug-likeness (QED) is 0.654. The number of hydrogen-bond donors (Lipinski definition) is 0.